The van der Waals surface area contributed by atoms with Crippen LogP contribution in [0, 0.1) is 0 Å². The van der Waals surface area contributed by atoms with Gasteiger partial charge in [-0.3, -0.25) is 4.79 Å². The van der Waals surface area contributed by atoms with E-state index in [-0.39, 0.29) is 18.3 Å². The van der Waals surface area contributed by atoms with Gasteiger partial charge in [-0.1, -0.05) is 12.1 Å². The molecule has 0 aromatic heterocycles. The molecule has 0 heterocycles. The summed E-state index contributed by atoms with van der Waals surface area (Å²) in [5.41, 5.74) is 1.78. The molecular weight excluding hydrogens is 254 g/mol. The van der Waals surface area contributed by atoms with Gasteiger partial charge >= 0.3 is 5.97 Å². The molecule has 2 N–H and O–H groups in total. The Morgan fingerprint density at radius 3 is 2.67 bits per heavy atom. The van der Waals surface area contributed by atoms with Gasteiger partial charge in [-0.25, -0.2) is 0 Å². The Labute approximate surface area is 112 Å². The number of anilines is 1. The molecule has 1 aromatic rings. The maximum absolute atomic E-state index is 11.3. The molecule has 0 saturated carbocycles. The Kier molecular flexibility index (Phi) is 6.54. The van der Waals surface area contributed by atoms with E-state index in [1.807, 2.05) is 24.3 Å². The molecule has 0 saturated heterocycles. The molecule has 0 radical (unpaired) electrons. The van der Waals surface area contributed by atoms with Crippen molar-refractivity contribution in [2.75, 3.05) is 24.3 Å². The summed E-state index contributed by atoms with van der Waals surface area (Å²) in [6, 6.07) is 7.42. The maximum Gasteiger partial charge on any atom is 0.310 e. The molecule has 18 heavy (non-hydrogen) atoms. The van der Waals surface area contributed by atoms with Crippen LogP contribution in [0.5, 0.6) is 0 Å². The van der Waals surface area contributed by atoms with Gasteiger partial charge in [-0.15, -0.1) is 11.6 Å². The van der Waals surface area contributed by atoms with Crippen LogP contribution in [0.15, 0.2) is 24.3 Å². The summed E-state index contributed by atoms with van der Waals surface area (Å²) < 4.78 is 4.87. The van der Waals surface area contributed by atoms with Gasteiger partial charge in [-0.2, -0.15) is 0 Å². The van der Waals surface area contributed by atoms with Crippen LogP contribution in [0.2, 0.25) is 0 Å². The molecule has 100 valence electrons. The number of ether oxygens (including phenoxy) is 1. The number of nitrogens with one attached hydrogen (secondary N) is 1. The average molecular weight is 272 g/mol. The zero-order chi connectivity index (χ0) is 13.4. The van der Waals surface area contributed by atoms with E-state index in [0.717, 1.165) is 11.3 Å². The number of carbonyl (C=O) groups is 1. The standard InChI is InChI=1S/C13H18ClNO3/c1-2-18-13(17)7-10-3-5-11(6-4-10)15-9-12(16)8-14/h3-6,12,15-16H,2,7-9H2,1H3. The van der Waals surface area contributed by atoms with Crippen molar-refractivity contribution in [2.24, 2.45) is 0 Å². The highest BCUT2D eigenvalue weighted by Crippen LogP contribution is 2.10. The summed E-state index contributed by atoms with van der Waals surface area (Å²) in [5, 5.41) is 12.3. The van der Waals surface area contributed by atoms with Crippen molar-refractivity contribution < 1.29 is 14.6 Å². The lowest BCUT2D eigenvalue weighted by atomic mass is 10.1. The quantitative estimate of drug-likeness (QED) is 0.587. The van der Waals surface area contributed by atoms with E-state index in [2.05, 4.69) is 5.32 Å². The van der Waals surface area contributed by atoms with Crippen LogP contribution in [0.25, 0.3) is 0 Å². The third-order valence-corrected chi connectivity index (χ3v) is 2.68. The van der Waals surface area contributed by atoms with Gasteiger partial charge in [0.1, 0.15) is 0 Å². The first-order valence-corrected chi connectivity index (χ1v) is 6.41. The number of alkyl halides is 1. The molecule has 0 amide bonds. The predicted molar refractivity (Wildman–Crippen MR) is 72.0 cm³/mol. The van der Waals surface area contributed by atoms with E-state index in [1.54, 1.807) is 6.92 Å². The normalized spacial score (nSPS) is 11.9. The number of aliphatic hydroxyl groups excluding tert-OH is 1. The van der Waals surface area contributed by atoms with Gasteiger partial charge in [0.05, 0.1) is 25.0 Å². The van der Waals surface area contributed by atoms with Gasteiger partial charge in [-0.05, 0) is 24.6 Å². The first-order valence-electron chi connectivity index (χ1n) is 5.88. The van der Waals surface area contributed by atoms with Crippen molar-refractivity contribution >= 4 is 23.3 Å². The number of aliphatic hydroxyl groups is 1. The number of rotatable bonds is 7. The second kappa shape index (κ2) is 7.95. The van der Waals surface area contributed by atoms with Crippen molar-refractivity contribution in [1.82, 2.24) is 0 Å². The van der Waals surface area contributed by atoms with E-state index in [4.69, 9.17) is 16.3 Å². The van der Waals surface area contributed by atoms with Crippen molar-refractivity contribution in [3.8, 4) is 0 Å². The Balaban J connectivity index is 2.44. The van der Waals surface area contributed by atoms with Crippen molar-refractivity contribution in [3.63, 3.8) is 0 Å². The third-order valence-electron chi connectivity index (χ3n) is 2.33. The molecule has 5 heteroatoms. The number of benzene rings is 1. The summed E-state index contributed by atoms with van der Waals surface area (Å²) in [5.74, 6) is -0.0238. The van der Waals surface area contributed by atoms with Crippen molar-refractivity contribution in [2.45, 2.75) is 19.4 Å². The first kappa shape index (κ1) is 14.8. The fraction of sp³-hybridized carbons (Fsp3) is 0.462. The number of hydrogen-bond donors (Lipinski definition) is 2. The fourth-order valence-corrected chi connectivity index (χ4v) is 1.52. The largest absolute Gasteiger partial charge is 0.466 e. The molecule has 0 aliphatic carbocycles. The van der Waals surface area contributed by atoms with E-state index in [9.17, 15) is 9.90 Å². The molecule has 0 aliphatic heterocycles. The SMILES string of the molecule is CCOC(=O)Cc1ccc(NCC(O)CCl)cc1. The lowest BCUT2D eigenvalue weighted by Crippen LogP contribution is -2.20. The number of hydrogen-bond acceptors (Lipinski definition) is 4. The molecule has 1 rings (SSSR count). The van der Waals surface area contributed by atoms with Gasteiger partial charge < -0.3 is 15.2 Å². The zero-order valence-electron chi connectivity index (χ0n) is 10.4. The third kappa shape index (κ3) is 5.38. The predicted octanol–water partition coefficient (Wildman–Crippen LogP) is 1.80. The molecule has 0 bridgehead atoms. The summed E-state index contributed by atoms with van der Waals surface area (Å²) in [7, 11) is 0. The van der Waals surface area contributed by atoms with Crippen LogP contribution in [0.3, 0.4) is 0 Å². The van der Waals surface area contributed by atoms with Gasteiger partial charge in [0.2, 0.25) is 0 Å². The lowest BCUT2D eigenvalue weighted by Gasteiger charge is -2.10. The zero-order valence-corrected chi connectivity index (χ0v) is 11.1. The molecular formula is C13H18ClNO3. The highest BCUT2D eigenvalue weighted by Gasteiger charge is 2.04. The molecule has 1 unspecified atom stereocenters. The molecule has 0 spiro atoms. The second-order valence-corrected chi connectivity index (χ2v) is 4.18. The summed E-state index contributed by atoms with van der Waals surface area (Å²) >= 11 is 5.49. The number of esters is 1. The minimum Gasteiger partial charge on any atom is -0.466 e. The summed E-state index contributed by atoms with van der Waals surface area (Å²) in [4.78, 5) is 11.3. The Morgan fingerprint density at radius 2 is 2.11 bits per heavy atom. The second-order valence-electron chi connectivity index (χ2n) is 3.87. The topological polar surface area (TPSA) is 58.6 Å². The highest BCUT2D eigenvalue weighted by molar-refractivity contribution is 6.18. The number of carbonyl (C=O) groups excluding carboxylic acids is 1. The molecule has 0 aliphatic rings. The number of halogens is 1. The molecule has 1 atom stereocenters. The minimum absolute atomic E-state index is 0.202. The van der Waals surface area contributed by atoms with Gasteiger partial charge in [0.15, 0.2) is 0 Å². The van der Waals surface area contributed by atoms with Gasteiger partial charge in [0, 0.05) is 12.2 Å². The Hall–Kier alpha value is -1.26. The Bertz CT molecular complexity index is 367. The summed E-state index contributed by atoms with van der Waals surface area (Å²) in [6.07, 6.45) is -0.288. The maximum atomic E-state index is 11.3. The van der Waals surface area contributed by atoms with E-state index >= 15 is 0 Å². The van der Waals surface area contributed by atoms with Crippen LogP contribution in [-0.2, 0) is 16.0 Å². The van der Waals surface area contributed by atoms with Crippen LogP contribution in [0.1, 0.15) is 12.5 Å². The highest BCUT2D eigenvalue weighted by atomic mass is 35.5. The fourth-order valence-electron chi connectivity index (χ4n) is 1.41. The van der Waals surface area contributed by atoms with Crippen LogP contribution in [-0.4, -0.2) is 36.2 Å². The first-order chi connectivity index (χ1) is 8.65. The van der Waals surface area contributed by atoms with Crippen LogP contribution in [0.4, 0.5) is 5.69 Å². The summed E-state index contributed by atoms with van der Waals surface area (Å²) in [6.45, 7) is 2.59. The minimum atomic E-state index is -0.564. The van der Waals surface area contributed by atoms with E-state index in [1.165, 1.54) is 0 Å². The van der Waals surface area contributed by atoms with Gasteiger partial charge in [0.25, 0.3) is 0 Å². The molecule has 4 nitrogen and oxygen atoms in total. The van der Waals surface area contributed by atoms with Crippen LogP contribution < -0.4 is 5.32 Å². The Morgan fingerprint density at radius 1 is 1.44 bits per heavy atom. The van der Waals surface area contributed by atoms with E-state index < -0.39 is 6.10 Å². The van der Waals surface area contributed by atoms with Crippen molar-refractivity contribution in [3.05, 3.63) is 29.8 Å². The smallest absolute Gasteiger partial charge is 0.310 e. The van der Waals surface area contributed by atoms with Crippen molar-refractivity contribution in [1.29, 1.82) is 0 Å². The average Bonchev–Trinajstić information content (AvgIpc) is 2.37. The monoisotopic (exact) mass is 271 g/mol. The molecule has 0 fully saturated rings. The van der Waals surface area contributed by atoms with E-state index in [0.29, 0.717) is 13.2 Å². The van der Waals surface area contributed by atoms with Crippen LogP contribution >= 0.6 is 11.6 Å². The lowest BCUT2D eigenvalue weighted by molar-refractivity contribution is -0.142. The molecule has 1 aromatic carbocycles.